The third-order valence-corrected chi connectivity index (χ3v) is 7.40. The molecule has 1 aliphatic heterocycles. The number of methoxy groups -OCH3 is 1. The van der Waals surface area contributed by atoms with Gasteiger partial charge in [0, 0.05) is 17.6 Å². The fourth-order valence-electron chi connectivity index (χ4n) is 4.15. The summed E-state index contributed by atoms with van der Waals surface area (Å²) < 4.78 is 6.61. The van der Waals surface area contributed by atoms with Gasteiger partial charge in [0.15, 0.2) is 0 Å². The van der Waals surface area contributed by atoms with Crippen LogP contribution >= 0.6 is 22.9 Å². The summed E-state index contributed by atoms with van der Waals surface area (Å²) in [6.07, 6.45) is 4.44. The van der Waals surface area contributed by atoms with Gasteiger partial charge < -0.3 is 15.0 Å². The molecule has 0 aliphatic carbocycles. The number of carbonyl (C=O) groups is 2. The van der Waals surface area contributed by atoms with Crippen molar-refractivity contribution in [2.24, 2.45) is 0 Å². The highest BCUT2D eigenvalue weighted by molar-refractivity contribution is 7.20. The minimum Gasteiger partial charge on any atom is -0.495 e. The number of fused-ring (bicyclic) bond motifs is 1. The van der Waals surface area contributed by atoms with Crippen molar-refractivity contribution < 1.29 is 14.3 Å². The number of likely N-dealkylation sites (tertiary alicyclic amines) is 1. The van der Waals surface area contributed by atoms with Gasteiger partial charge in [0.25, 0.3) is 11.5 Å². The van der Waals surface area contributed by atoms with Gasteiger partial charge in [-0.15, -0.1) is 11.3 Å². The maximum absolute atomic E-state index is 13.2. The summed E-state index contributed by atoms with van der Waals surface area (Å²) in [5.41, 5.74) is 0.628. The molecule has 33 heavy (non-hydrogen) atoms. The Morgan fingerprint density at radius 3 is 2.85 bits per heavy atom. The number of anilines is 1. The van der Waals surface area contributed by atoms with Gasteiger partial charge in [-0.3, -0.25) is 19.0 Å². The molecule has 0 bridgehead atoms. The molecule has 0 unspecified atom stereocenters. The fraction of sp³-hybridized carbons (Fsp3) is 0.391. The zero-order chi connectivity index (χ0) is 23.7. The quantitative estimate of drug-likeness (QED) is 0.584. The lowest BCUT2D eigenvalue weighted by Crippen LogP contribution is -2.44. The van der Waals surface area contributed by atoms with E-state index < -0.39 is 0 Å². The van der Waals surface area contributed by atoms with E-state index in [0.29, 0.717) is 43.7 Å². The number of benzene rings is 1. The number of hydrogen-bond donors (Lipinski definition) is 1. The zero-order valence-electron chi connectivity index (χ0n) is 18.7. The summed E-state index contributed by atoms with van der Waals surface area (Å²) in [6.45, 7) is 4.39. The molecule has 2 aromatic heterocycles. The number of halogens is 1. The summed E-state index contributed by atoms with van der Waals surface area (Å²) in [4.78, 5) is 46.0. The summed E-state index contributed by atoms with van der Waals surface area (Å²) in [5.74, 6) is -0.0120. The van der Waals surface area contributed by atoms with Gasteiger partial charge in [0.1, 0.15) is 17.1 Å². The molecule has 0 radical (unpaired) electrons. The van der Waals surface area contributed by atoms with Crippen molar-refractivity contribution in [1.82, 2.24) is 14.5 Å². The van der Waals surface area contributed by atoms with Gasteiger partial charge in [0.05, 0.1) is 29.4 Å². The first kappa shape index (κ1) is 23.3. The van der Waals surface area contributed by atoms with E-state index in [1.54, 1.807) is 25.1 Å². The van der Waals surface area contributed by atoms with E-state index in [4.69, 9.17) is 16.3 Å². The maximum Gasteiger partial charge on any atom is 0.266 e. The predicted octanol–water partition coefficient (Wildman–Crippen LogP) is 4.08. The average Bonchev–Trinajstić information content (AvgIpc) is 3.13. The Hall–Kier alpha value is -2.91. The molecule has 1 aliphatic rings. The number of amides is 2. The summed E-state index contributed by atoms with van der Waals surface area (Å²) >= 11 is 7.19. The Bertz CT molecular complexity index is 1290. The van der Waals surface area contributed by atoms with E-state index >= 15 is 0 Å². The molecular weight excluding hydrogens is 464 g/mol. The predicted molar refractivity (Wildman–Crippen MR) is 130 cm³/mol. The highest BCUT2D eigenvalue weighted by Gasteiger charge is 2.25. The first-order valence-electron chi connectivity index (χ1n) is 10.7. The van der Waals surface area contributed by atoms with Crippen LogP contribution in [0.5, 0.6) is 5.75 Å². The average molecular weight is 489 g/mol. The number of hydrogen-bond acceptors (Lipinski definition) is 6. The largest absolute Gasteiger partial charge is 0.495 e. The number of aryl methyl sites for hydroxylation is 1. The number of aromatic nitrogens is 2. The highest BCUT2D eigenvalue weighted by atomic mass is 35.5. The summed E-state index contributed by atoms with van der Waals surface area (Å²) in [6, 6.07) is 5.09. The lowest BCUT2D eigenvalue weighted by atomic mass is 10.0. The van der Waals surface area contributed by atoms with Crippen LogP contribution in [0.3, 0.4) is 0 Å². The van der Waals surface area contributed by atoms with Crippen molar-refractivity contribution in [3.8, 4) is 5.75 Å². The third-order valence-electron chi connectivity index (χ3n) is 5.96. The maximum atomic E-state index is 13.2. The van der Waals surface area contributed by atoms with Gasteiger partial charge in [-0.05, 0) is 56.9 Å². The SMILES string of the molecule is COc1ccc(Cl)cc1NC(=O)c1sc2ncn(CC(=O)N3CCCC[C@@H]3C)c(=O)c2c1C. The molecule has 10 heteroatoms. The molecule has 1 aromatic carbocycles. The summed E-state index contributed by atoms with van der Waals surface area (Å²) in [5, 5.41) is 3.61. The number of rotatable bonds is 5. The van der Waals surface area contributed by atoms with E-state index in [2.05, 4.69) is 10.3 Å². The van der Waals surface area contributed by atoms with Crippen molar-refractivity contribution >= 4 is 50.7 Å². The van der Waals surface area contributed by atoms with Crippen LogP contribution in [0.1, 0.15) is 41.4 Å². The van der Waals surface area contributed by atoms with Crippen molar-refractivity contribution in [1.29, 1.82) is 0 Å². The summed E-state index contributed by atoms with van der Waals surface area (Å²) in [7, 11) is 1.50. The Kier molecular flexibility index (Phi) is 6.71. The highest BCUT2D eigenvalue weighted by Crippen LogP contribution is 2.31. The van der Waals surface area contributed by atoms with Crippen LogP contribution in [0, 0.1) is 6.92 Å². The second-order valence-electron chi connectivity index (χ2n) is 8.14. The van der Waals surface area contributed by atoms with E-state index in [-0.39, 0.29) is 30.0 Å². The topological polar surface area (TPSA) is 93.5 Å². The van der Waals surface area contributed by atoms with Crippen LogP contribution < -0.4 is 15.6 Å². The minimum absolute atomic E-state index is 0.0668. The van der Waals surface area contributed by atoms with Gasteiger partial charge >= 0.3 is 0 Å². The Morgan fingerprint density at radius 1 is 1.33 bits per heavy atom. The second-order valence-corrected chi connectivity index (χ2v) is 9.58. The van der Waals surface area contributed by atoms with Crippen LogP contribution in [-0.2, 0) is 11.3 Å². The number of nitrogens with zero attached hydrogens (tertiary/aromatic N) is 3. The Labute approximate surface area is 200 Å². The van der Waals surface area contributed by atoms with Gasteiger partial charge in [0.2, 0.25) is 5.91 Å². The Balaban J connectivity index is 1.62. The van der Waals surface area contributed by atoms with Crippen molar-refractivity contribution in [2.45, 2.75) is 45.7 Å². The molecule has 1 atom stereocenters. The monoisotopic (exact) mass is 488 g/mol. The molecule has 1 fully saturated rings. The smallest absolute Gasteiger partial charge is 0.266 e. The van der Waals surface area contributed by atoms with Crippen molar-refractivity contribution in [3.05, 3.63) is 50.3 Å². The number of nitrogens with one attached hydrogen (secondary N) is 1. The number of thiophene rings is 1. The molecule has 4 rings (SSSR count). The van der Waals surface area contributed by atoms with Crippen LogP contribution in [0.15, 0.2) is 29.3 Å². The first-order chi connectivity index (χ1) is 15.8. The Morgan fingerprint density at radius 2 is 2.12 bits per heavy atom. The molecule has 2 amide bonds. The second kappa shape index (κ2) is 9.52. The van der Waals surface area contributed by atoms with E-state index in [1.165, 1.54) is 18.0 Å². The van der Waals surface area contributed by atoms with Crippen LogP contribution in [0.2, 0.25) is 5.02 Å². The van der Waals surface area contributed by atoms with Crippen molar-refractivity contribution in [3.63, 3.8) is 0 Å². The molecule has 0 saturated carbocycles. The van der Waals surface area contributed by atoms with Crippen LogP contribution in [0.4, 0.5) is 5.69 Å². The van der Waals surface area contributed by atoms with Crippen LogP contribution in [0.25, 0.3) is 10.2 Å². The molecule has 3 heterocycles. The standard InChI is InChI=1S/C23H25ClN4O4S/c1-13-6-4-5-9-28(13)18(29)11-27-12-25-22-19(23(27)31)14(2)20(33-22)21(30)26-16-10-15(24)7-8-17(16)32-3/h7-8,10,12-13H,4-6,9,11H2,1-3H3,(H,26,30)/t13-/m0/s1. The van der Waals surface area contributed by atoms with Crippen molar-refractivity contribution in [2.75, 3.05) is 19.0 Å². The first-order valence-corrected chi connectivity index (χ1v) is 11.9. The van der Waals surface area contributed by atoms with Gasteiger partial charge in [-0.1, -0.05) is 11.6 Å². The number of carbonyl (C=O) groups excluding carboxylic acids is 2. The lowest BCUT2D eigenvalue weighted by Gasteiger charge is -2.33. The third kappa shape index (κ3) is 4.60. The molecule has 1 saturated heterocycles. The number of piperidine rings is 1. The van der Waals surface area contributed by atoms with Gasteiger partial charge in [-0.2, -0.15) is 0 Å². The van der Waals surface area contributed by atoms with E-state index in [1.807, 2.05) is 11.8 Å². The van der Waals surface area contributed by atoms with E-state index in [0.717, 1.165) is 30.6 Å². The van der Waals surface area contributed by atoms with Gasteiger partial charge in [-0.25, -0.2) is 4.98 Å². The normalized spacial score (nSPS) is 16.1. The number of ether oxygens (including phenoxy) is 1. The molecular formula is C23H25ClN4O4S. The lowest BCUT2D eigenvalue weighted by molar-refractivity contribution is -0.135. The zero-order valence-corrected chi connectivity index (χ0v) is 20.3. The van der Waals surface area contributed by atoms with E-state index in [9.17, 15) is 14.4 Å². The fourth-order valence-corrected chi connectivity index (χ4v) is 5.36. The molecule has 8 nitrogen and oxygen atoms in total. The van der Waals surface area contributed by atoms with Crippen LogP contribution in [-0.4, -0.2) is 46.0 Å². The molecule has 3 aromatic rings. The molecule has 1 N–H and O–H groups in total. The molecule has 174 valence electrons. The minimum atomic E-state index is -0.389. The molecule has 0 spiro atoms.